The van der Waals surface area contributed by atoms with Crippen LogP contribution in [0.15, 0.2) is 0 Å². The van der Waals surface area contributed by atoms with Crippen LogP contribution < -0.4 is 10.6 Å². The fraction of sp³-hybridized carbons (Fsp3) is 0.933. The molecule has 1 rings (SSSR count). The van der Waals surface area contributed by atoms with Gasteiger partial charge in [0.25, 0.3) is 0 Å². The zero-order valence-corrected chi connectivity index (χ0v) is 12.9. The summed E-state index contributed by atoms with van der Waals surface area (Å²) in [5.74, 6) is 1.67. The van der Waals surface area contributed by atoms with Crippen molar-refractivity contribution in [2.75, 3.05) is 26.7 Å². The summed E-state index contributed by atoms with van der Waals surface area (Å²) in [5, 5.41) is 6.41. The van der Waals surface area contributed by atoms with E-state index in [2.05, 4.69) is 31.4 Å². The first-order valence-electron chi connectivity index (χ1n) is 7.54. The number of rotatable bonds is 7. The molecule has 3 unspecified atom stereocenters. The largest absolute Gasteiger partial charge is 0.379 e. The van der Waals surface area contributed by atoms with Crippen molar-refractivity contribution in [1.29, 1.82) is 0 Å². The summed E-state index contributed by atoms with van der Waals surface area (Å²) < 4.78 is 5.36. The summed E-state index contributed by atoms with van der Waals surface area (Å²) in [5.41, 5.74) is 0. The van der Waals surface area contributed by atoms with Gasteiger partial charge >= 0.3 is 0 Å². The maximum absolute atomic E-state index is 12.0. The molecule has 0 saturated carbocycles. The van der Waals surface area contributed by atoms with E-state index in [0.29, 0.717) is 30.7 Å². The second-order valence-electron chi connectivity index (χ2n) is 6.11. The molecular weight excluding hydrogens is 240 g/mol. The average molecular weight is 270 g/mol. The molecule has 1 heterocycles. The van der Waals surface area contributed by atoms with Gasteiger partial charge in [-0.1, -0.05) is 20.8 Å². The Morgan fingerprint density at radius 1 is 1.42 bits per heavy atom. The van der Waals surface area contributed by atoms with Gasteiger partial charge in [0.05, 0.1) is 6.10 Å². The molecule has 0 radical (unpaired) electrons. The Hall–Kier alpha value is -0.610. The van der Waals surface area contributed by atoms with Crippen LogP contribution in [0.2, 0.25) is 0 Å². The van der Waals surface area contributed by atoms with E-state index >= 15 is 0 Å². The Bertz CT molecular complexity index is 263. The minimum Gasteiger partial charge on any atom is -0.379 e. The number of methoxy groups -OCH3 is 1. The minimum atomic E-state index is 0.107. The maximum atomic E-state index is 12.0. The lowest BCUT2D eigenvalue weighted by molar-refractivity contribution is -0.123. The molecule has 1 saturated heterocycles. The molecule has 2 N–H and O–H groups in total. The maximum Gasteiger partial charge on any atom is 0.220 e. The summed E-state index contributed by atoms with van der Waals surface area (Å²) in [6.07, 6.45) is 3.21. The molecule has 1 aliphatic heterocycles. The summed E-state index contributed by atoms with van der Waals surface area (Å²) in [6, 6.07) is 0. The zero-order chi connectivity index (χ0) is 14.3. The van der Waals surface area contributed by atoms with Gasteiger partial charge in [0.15, 0.2) is 0 Å². The number of carbonyl (C=O) groups is 1. The molecular formula is C15H30N2O2. The smallest absolute Gasteiger partial charge is 0.220 e. The molecule has 112 valence electrons. The van der Waals surface area contributed by atoms with Crippen LogP contribution in [-0.4, -0.2) is 38.8 Å². The Labute approximate surface area is 117 Å². The van der Waals surface area contributed by atoms with Crippen LogP contribution in [0.3, 0.4) is 0 Å². The molecule has 0 aliphatic carbocycles. The fourth-order valence-corrected chi connectivity index (χ4v) is 2.70. The van der Waals surface area contributed by atoms with Gasteiger partial charge in [-0.15, -0.1) is 0 Å². The second-order valence-corrected chi connectivity index (χ2v) is 6.11. The molecule has 0 bridgehead atoms. The molecule has 0 aromatic carbocycles. The van der Waals surface area contributed by atoms with E-state index in [9.17, 15) is 4.79 Å². The van der Waals surface area contributed by atoms with E-state index in [1.165, 1.54) is 12.8 Å². The molecule has 19 heavy (non-hydrogen) atoms. The first-order chi connectivity index (χ1) is 9.04. The first-order valence-corrected chi connectivity index (χ1v) is 7.54. The third-order valence-electron chi connectivity index (χ3n) is 4.19. The van der Waals surface area contributed by atoms with Crippen LogP contribution in [0.5, 0.6) is 0 Å². The summed E-state index contributed by atoms with van der Waals surface area (Å²) >= 11 is 0. The summed E-state index contributed by atoms with van der Waals surface area (Å²) in [7, 11) is 1.70. The number of hydrogen-bond donors (Lipinski definition) is 2. The predicted molar refractivity (Wildman–Crippen MR) is 78.0 cm³/mol. The van der Waals surface area contributed by atoms with E-state index in [-0.39, 0.29) is 12.0 Å². The van der Waals surface area contributed by atoms with Gasteiger partial charge in [-0.05, 0) is 43.7 Å². The van der Waals surface area contributed by atoms with Crippen molar-refractivity contribution >= 4 is 5.91 Å². The van der Waals surface area contributed by atoms with Crippen molar-refractivity contribution in [2.45, 2.75) is 46.1 Å². The molecule has 1 amide bonds. The third kappa shape index (κ3) is 5.91. The Morgan fingerprint density at radius 2 is 2.16 bits per heavy atom. The van der Waals surface area contributed by atoms with E-state index in [1.54, 1.807) is 7.11 Å². The number of piperidine rings is 1. The molecule has 0 spiro atoms. The SMILES string of the molecule is COC(CNC(=O)CC(C)C1CCCNC1)C(C)C. The standard InChI is InChI=1S/C15H30N2O2/c1-11(2)14(19-4)10-17-15(18)8-12(3)13-6-5-7-16-9-13/h11-14,16H,5-10H2,1-4H3,(H,17,18). The minimum absolute atomic E-state index is 0.107. The van der Waals surface area contributed by atoms with Crippen molar-refractivity contribution in [3.63, 3.8) is 0 Å². The van der Waals surface area contributed by atoms with Gasteiger partial charge in [-0.3, -0.25) is 4.79 Å². The highest BCUT2D eigenvalue weighted by Crippen LogP contribution is 2.22. The highest BCUT2D eigenvalue weighted by Gasteiger charge is 2.22. The van der Waals surface area contributed by atoms with Crippen molar-refractivity contribution in [2.24, 2.45) is 17.8 Å². The molecule has 4 heteroatoms. The zero-order valence-electron chi connectivity index (χ0n) is 12.9. The number of nitrogens with one attached hydrogen (secondary N) is 2. The first kappa shape index (κ1) is 16.4. The van der Waals surface area contributed by atoms with Crippen LogP contribution in [0.1, 0.15) is 40.0 Å². The van der Waals surface area contributed by atoms with Crippen molar-refractivity contribution in [1.82, 2.24) is 10.6 Å². The molecule has 4 nitrogen and oxygen atoms in total. The van der Waals surface area contributed by atoms with Gasteiger partial charge in [0.1, 0.15) is 0 Å². The third-order valence-corrected chi connectivity index (χ3v) is 4.19. The lowest BCUT2D eigenvalue weighted by Crippen LogP contribution is -2.38. The summed E-state index contributed by atoms with van der Waals surface area (Å²) in [6.45, 7) is 9.20. The van der Waals surface area contributed by atoms with Gasteiger partial charge < -0.3 is 15.4 Å². The van der Waals surface area contributed by atoms with Crippen LogP contribution >= 0.6 is 0 Å². The molecule has 1 aliphatic rings. The fourth-order valence-electron chi connectivity index (χ4n) is 2.70. The normalized spacial score (nSPS) is 23.1. The molecule has 1 fully saturated rings. The van der Waals surface area contributed by atoms with Crippen LogP contribution in [-0.2, 0) is 9.53 Å². The number of hydrogen-bond acceptors (Lipinski definition) is 3. The lowest BCUT2D eigenvalue weighted by Gasteiger charge is -2.28. The van der Waals surface area contributed by atoms with Gasteiger partial charge in [0, 0.05) is 20.1 Å². The molecule has 0 aromatic heterocycles. The number of amides is 1. The van der Waals surface area contributed by atoms with Gasteiger partial charge in [-0.2, -0.15) is 0 Å². The number of ether oxygens (including phenoxy) is 1. The van der Waals surface area contributed by atoms with Crippen LogP contribution in [0, 0.1) is 17.8 Å². The van der Waals surface area contributed by atoms with E-state index < -0.39 is 0 Å². The van der Waals surface area contributed by atoms with Crippen molar-refractivity contribution in [3.05, 3.63) is 0 Å². The van der Waals surface area contributed by atoms with Crippen LogP contribution in [0.4, 0.5) is 0 Å². The monoisotopic (exact) mass is 270 g/mol. The van der Waals surface area contributed by atoms with Gasteiger partial charge in [0.2, 0.25) is 5.91 Å². The van der Waals surface area contributed by atoms with E-state index in [1.807, 2.05) is 0 Å². The molecule has 0 aromatic rings. The summed E-state index contributed by atoms with van der Waals surface area (Å²) in [4.78, 5) is 12.0. The Kier molecular flexibility index (Phi) is 7.39. The van der Waals surface area contributed by atoms with Gasteiger partial charge in [-0.25, -0.2) is 0 Å². The second kappa shape index (κ2) is 8.54. The Balaban J connectivity index is 2.26. The topological polar surface area (TPSA) is 50.4 Å². The Morgan fingerprint density at radius 3 is 2.68 bits per heavy atom. The highest BCUT2D eigenvalue weighted by molar-refractivity contribution is 5.76. The quantitative estimate of drug-likeness (QED) is 0.741. The lowest BCUT2D eigenvalue weighted by atomic mass is 9.85. The predicted octanol–water partition coefficient (Wildman–Crippen LogP) is 1.80. The van der Waals surface area contributed by atoms with E-state index in [4.69, 9.17) is 4.74 Å². The average Bonchev–Trinajstić information content (AvgIpc) is 2.40. The highest BCUT2D eigenvalue weighted by atomic mass is 16.5. The van der Waals surface area contributed by atoms with Crippen LogP contribution in [0.25, 0.3) is 0 Å². The molecule has 3 atom stereocenters. The number of carbonyl (C=O) groups excluding carboxylic acids is 1. The van der Waals surface area contributed by atoms with Crippen molar-refractivity contribution in [3.8, 4) is 0 Å². The van der Waals surface area contributed by atoms with Crippen molar-refractivity contribution < 1.29 is 9.53 Å². The van der Waals surface area contributed by atoms with E-state index in [0.717, 1.165) is 13.1 Å².